The Kier molecular flexibility index (Phi) is 40.9. The lowest BCUT2D eigenvalue weighted by molar-refractivity contribution is -0.147. The smallest absolute Gasteiger partial charge is 0.463 e. The minimum absolute atomic E-state index is 0.0886. The number of phosphoric ester groups is 1. The van der Waals surface area contributed by atoms with Crippen LogP contribution in [0.2, 0.25) is 0 Å². The first-order chi connectivity index (χ1) is 26.3. The Morgan fingerprint density at radius 1 is 0.500 bits per heavy atom. The van der Waals surface area contributed by atoms with Gasteiger partial charge < -0.3 is 20.1 Å². The van der Waals surface area contributed by atoms with E-state index < -0.39 is 26.5 Å². The molecule has 0 aromatic carbocycles. The maximum absolute atomic E-state index is 12.1. The van der Waals surface area contributed by atoms with E-state index in [4.69, 9.17) is 13.8 Å². The van der Waals surface area contributed by atoms with Crippen LogP contribution in [0.25, 0.3) is 0 Å². The molecular formula is C44H88NO8P. The highest BCUT2D eigenvalue weighted by atomic mass is 31.2. The van der Waals surface area contributed by atoms with Gasteiger partial charge in [-0.25, -0.2) is 4.57 Å². The predicted octanol–water partition coefficient (Wildman–Crippen LogP) is 12.8. The molecule has 0 aromatic rings. The molecule has 0 heterocycles. The summed E-state index contributed by atoms with van der Waals surface area (Å²) in [5.41, 5.74) is 0. The molecule has 0 saturated heterocycles. The van der Waals surface area contributed by atoms with Gasteiger partial charge in [0.15, 0.2) is 0 Å². The molecule has 0 aliphatic carbocycles. The van der Waals surface area contributed by atoms with Crippen LogP contribution in [0.15, 0.2) is 0 Å². The van der Waals surface area contributed by atoms with E-state index in [1.807, 2.05) is 0 Å². The molecule has 0 rings (SSSR count). The van der Waals surface area contributed by atoms with Crippen molar-refractivity contribution in [3.63, 3.8) is 0 Å². The Morgan fingerprint density at radius 3 is 1.20 bits per heavy atom. The SMILES string of the molecule is CCCCCCCCCCCCCCCCCCCCCCCC(=O)NCCOP(=O)(O)OCC(O)COC(=O)CCCCCCCCCCCCCC. The Balaban J connectivity index is 3.51. The number of unbranched alkanes of at least 4 members (excludes halogenated alkanes) is 31. The molecule has 0 aliphatic rings. The lowest BCUT2D eigenvalue weighted by atomic mass is 10.0. The molecule has 54 heavy (non-hydrogen) atoms. The normalized spacial score (nSPS) is 13.2. The van der Waals surface area contributed by atoms with E-state index in [2.05, 4.69) is 19.2 Å². The van der Waals surface area contributed by atoms with Crippen molar-refractivity contribution in [2.75, 3.05) is 26.4 Å². The van der Waals surface area contributed by atoms with Crippen molar-refractivity contribution in [2.24, 2.45) is 0 Å². The van der Waals surface area contributed by atoms with Crippen molar-refractivity contribution in [3.8, 4) is 0 Å². The van der Waals surface area contributed by atoms with Crippen molar-refractivity contribution < 1.29 is 37.9 Å². The van der Waals surface area contributed by atoms with Gasteiger partial charge in [-0.05, 0) is 12.8 Å². The number of phosphoric acid groups is 1. The Labute approximate surface area is 333 Å². The first-order valence-corrected chi connectivity index (χ1v) is 24.5. The monoisotopic (exact) mass is 790 g/mol. The summed E-state index contributed by atoms with van der Waals surface area (Å²) < 4.78 is 26.9. The summed E-state index contributed by atoms with van der Waals surface area (Å²) in [6.07, 6.45) is 41.8. The van der Waals surface area contributed by atoms with E-state index in [9.17, 15) is 24.2 Å². The van der Waals surface area contributed by atoms with Gasteiger partial charge in [-0.15, -0.1) is 0 Å². The molecule has 0 saturated carbocycles. The van der Waals surface area contributed by atoms with Gasteiger partial charge in [0, 0.05) is 19.4 Å². The first kappa shape index (κ1) is 53.0. The van der Waals surface area contributed by atoms with E-state index in [-0.39, 0.29) is 32.1 Å². The number of hydrogen-bond donors (Lipinski definition) is 3. The van der Waals surface area contributed by atoms with Crippen LogP contribution >= 0.6 is 7.82 Å². The third-order valence-corrected chi connectivity index (χ3v) is 11.3. The fourth-order valence-corrected chi connectivity index (χ4v) is 7.55. The molecule has 2 unspecified atom stereocenters. The van der Waals surface area contributed by atoms with Crippen LogP contribution < -0.4 is 5.32 Å². The number of ether oxygens (including phenoxy) is 1. The average Bonchev–Trinajstić information content (AvgIpc) is 3.16. The zero-order valence-corrected chi connectivity index (χ0v) is 36.3. The molecular weight excluding hydrogens is 701 g/mol. The van der Waals surface area contributed by atoms with Crippen molar-refractivity contribution >= 4 is 19.7 Å². The van der Waals surface area contributed by atoms with Gasteiger partial charge in [0.25, 0.3) is 0 Å². The number of carbonyl (C=O) groups is 2. The number of aliphatic hydroxyl groups excluding tert-OH is 1. The number of carbonyl (C=O) groups excluding carboxylic acids is 2. The molecule has 10 heteroatoms. The standard InChI is InChI=1S/C44H88NO8P/c1-3-5-7-9-11-13-15-17-18-19-20-21-22-23-24-25-26-28-30-32-34-36-43(47)45-38-39-52-54(49,50)53-41-42(46)40-51-44(48)37-35-33-31-29-27-16-14-12-10-8-6-4-2/h42,46H,3-41H2,1-2H3,(H,45,47)(H,49,50). The van der Waals surface area contributed by atoms with Gasteiger partial charge in [-0.1, -0.05) is 213 Å². The molecule has 1 amide bonds. The van der Waals surface area contributed by atoms with Crippen LogP contribution in [0, 0.1) is 0 Å². The molecule has 0 fully saturated rings. The fraction of sp³-hybridized carbons (Fsp3) is 0.955. The number of amides is 1. The van der Waals surface area contributed by atoms with Gasteiger partial charge in [0.2, 0.25) is 5.91 Å². The van der Waals surface area contributed by atoms with Crippen LogP contribution in [0.4, 0.5) is 0 Å². The summed E-state index contributed by atoms with van der Waals surface area (Å²) >= 11 is 0. The van der Waals surface area contributed by atoms with Crippen LogP contribution in [-0.4, -0.2) is 54.3 Å². The zero-order valence-electron chi connectivity index (χ0n) is 35.4. The minimum atomic E-state index is -4.41. The minimum Gasteiger partial charge on any atom is -0.463 e. The second-order valence-corrected chi connectivity index (χ2v) is 17.2. The molecule has 0 aliphatic heterocycles. The van der Waals surface area contributed by atoms with Crippen molar-refractivity contribution in [1.29, 1.82) is 0 Å². The number of esters is 1. The number of rotatable bonds is 44. The van der Waals surface area contributed by atoms with E-state index in [1.54, 1.807) is 0 Å². The predicted molar refractivity (Wildman–Crippen MR) is 225 cm³/mol. The molecule has 0 aromatic heterocycles. The van der Waals surface area contributed by atoms with E-state index in [0.29, 0.717) is 6.42 Å². The molecule has 0 spiro atoms. The van der Waals surface area contributed by atoms with Crippen molar-refractivity contribution in [3.05, 3.63) is 0 Å². The van der Waals surface area contributed by atoms with E-state index in [1.165, 1.54) is 173 Å². The summed E-state index contributed by atoms with van der Waals surface area (Å²) in [5, 5.41) is 12.7. The number of aliphatic hydroxyl groups is 1. The maximum atomic E-state index is 12.1. The lowest BCUT2D eigenvalue weighted by Gasteiger charge is -2.15. The lowest BCUT2D eigenvalue weighted by Crippen LogP contribution is -2.27. The van der Waals surface area contributed by atoms with Gasteiger partial charge in [-0.3, -0.25) is 18.6 Å². The third-order valence-electron chi connectivity index (χ3n) is 10.3. The second kappa shape index (κ2) is 41.6. The largest absolute Gasteiger partial charge is 0.472 e. The third kappa shape index (κ3) is 42.2. The molecule has 9 nitrogen and oxygen atoms in total. The molecule has 0 bridgehead atoms. The van der Waals surface area contributed by atoms with Crippen molar-refractivity contribution in [2.45, 2.75) is 245 Å². The van der Waals surface area contributed by atoms with Crippen LogP contribution in [-0.2, 0) is 27.9 Å². The van der Waals surface area contributed by atoms with E-state index >= 15 is 0 Å². The van der Waals surface area contributed by atoms with Crippen LogP contribution in [0.3, 0.4) is 0 Å². The Hall–Kier alpha value is -0.990. The first-order valence-electron chi connectivity index (χ1n) is 23.0. The highest BCUT2D eigenvalue weighted by Gasteiger charge is 2.23. The molecule has 0 radical (unpaired) electrons. The molecule has 3 N–H and O–H groups in total. The quantitative estimate of drug-likeness (QED) is 0.0316. The zero-order chi connectivity index (χ0) is 39.6. The summed E-state index contributed by atoms with van der Waals surface area (Å²) in [5.74, 6) is -0.503. The summed E-state index contributed by atoms with van der Waals surface area (Å²) in [4.78, 5) is 33.9. The Morgan fingerprint density at radius 2 is 0.833 bits per heavy atom. The van der Waals surface area contributed by atoms with Gasteiger partial charge >= 0.3 is 13.8 Å². The molecule has 322 valence electrons. The summed E-state index contributed by atoms with van der Waals surface area (Å²) in [7, 11) is -4.41. The van der Waals surface area contributed by atoms with Crippen LogP contribution in [0.1, 0.15) is 239 Å². The van der Waals surface area contributed by atoms with E-state index in [0.717, 1.165) is 38.5 Å². The van der Waals surface area contributed by atoms with Crippen LogP contribution in [0.5, 0.6) is 0 Å². The van der Waals surface area contributed by atoms with Gasteiger partial charge in [-0.2, -0.15) is 0 Å². The highest BCUT2D eigenvalue weighted by molar-refractivity contribution is 7.47. The summed E-state index contributed by atoms with van der Waals surface area (Å²) in [6, 6.07) is 0. The van der Waals surface area contributed by atoms with Gasteiger partial charge in [0.05, 0.1) is 13.2 Å². The average molecular weight is 790 g/mol. The fourth-order valence-electron chi connectivity index (χ4n) is 6.79. The second-order valence-electron chi connectivity index (χ2n) is 15.7. The maximum Gasteiger partial charge on any atom is 0.472 e. The Bertz CT molecular complexity index is 860. The number of hydrogen-bond acceptors (Lipinski definition) is 7. The van der Waals surface area contributed by atoms with Crippen molar-refractivity contribution in [1.82, 2.24) is 5.32 Å². The topological polar surface area (TPSA) is 131 Å². The molecule has 2 atom stereocenters. The summed E-state index contributed by atoms with van der Waals surface area (Å²) in [6.45, 7) is 3.59. The highest BCUT2D eigenvalue weighted by Crippen LogP contribution is 2.42. The number of nitrogens with one attached hydrogen (secondary N) is 1. The van der Waals surface area contributed by atoms with Gasteiger partial charge in [0.1, 0.15) is 12.7 Å².